The lowest BCUT2D eigenvalue weighted by Gasteiger charge is -2.48. The average Bonchev–Trinajstić information content (AvgIpc) is 3.11. The topological polar surface area (TPSA) is 61.3 Å². The molecule has 0 radical (unpaired) electrons. The van der Waals surface area contributed by atoms with E-state index in [1.165, 1.54) is 4.70 Å². The maximum absolute atomic E-state index is 4.51. The number of hydrogen-bond acceptors (Lipinski definition) is 8. The lowest BCUT2D eigenvalue weighted by atomic mass is 10.1. The molecule has 0 aromatic carbocycles. The third kappa shape index (κ3) is 2.71. The van der Waals surface area contributed by atoms with Crippen LogP contribution in [0.25, 0.3) is 10.2 Å². The highest BCUT2D eigenvalue weighted by molar-refractivity contribution is 7.17. The summed E-state index contributed by atoms with van der Waals surface area (Å²) in [5, 5.41) is 2.09. The van der Waals surface area contributed by atoms with Crippen LogP contribution in [0.3, 0.4) is 0 Å². The molecule has 7 nitrogen and oxygen atoms in total. The minimum atomic E-state index is 0.615. The van der Waals surface area contributed by atoms with Crippen LogP contribution in [-0.2, 0) is 0 Å². The number of rotatable bonds is 3. The minimum Gasteiger partial charge on any atom is -0.352 e. The number of nitrogens with zero attached hydrogens (tertiary/aromatic N) is 7. The Balaban J connectivity index is 1.20. The second-order valence-corrected chi connectivity index (χ2v) is 7.38. The lowest BCUT2D eigenvalue weighted by Crippen LogP contribution is -2.63. The summed E-state index contributed by atoms with van der Waals surface area (Å²) in [6.45, 7) is 6.20. The Kier molecular flexibility index (Phi) is 3.71. The zero-order chi connectivity index (χ0) is 16.6. The Bertz CT molecular complexity index is 854. The van der Waals surface area contributed by atoms with Crippen LogP contribution in [0, 0.1) is 0 Å². The molecule has 8 heteroatoms. The third-order valence-electron chi connectivity index (χ3n) is 5.05. The molecule has 3 aromatic rings. The van der Waals surface area contributed by atoms with Crippen molar-refractivity contribution in [1.29, 1.82) is 0 Å². The number of fused-ring (bicyclic) bond motifs is 1. The summed E-state index contributed by atoms with van der Waals surface area (Å²) in [5.74, 6) is 1.94. The molecule has 5 heterocycles. The van der Waals surface area contributed by atoms with Gasteiger partial charge in [-0.15, -0.1) is 11.3 Å². The van der Waals surface area contributed by atoms with Crippen molar-refractivity contribution in [2.45, 2.75) is 6.04 Å². The number of hydrogen-bond donors (Lipinski definition) is 0. The summed E-state index contributed by atoms with van der Waals surface area (Å²) >= 11 is 1.73. The zero-order valence-electron chi connectivity index (χ0n) is 13.8. The molecule has 0 atom stereocenters. The molecule has 0 unspecified atom stereocenters. The smallest absolute Gasteiger partial charge is 0.225 e. The van der Waals surface area contributed by atoms with Gasteiger partial charge in [-0.3, -0.25) is 4.90 Å². The van der Waals surface area contributed by atoms with E-state index in [1.54, 1.807) is 17.7 Å². The van der Waals surface area contributed by atoms with Gasteiger partial charge >= 0.3 is 0 Å². The van der Waals surface area contributed by atoms with Crippen molar-refractivity contribution in [1.82, 2.24) is 24.8 Å². The first kappa shape index (κ1) is 15.0. The van der Waals surface area contributed by atoms with E-state index >= 15 is 0 Å². The summed E-state index contributed by atoms with van der Waals surface area (Å²) in [5.41, 5.74) is 1.05. The molecule has 5 rings (SSSR count). The first-order valence-electron chi connectivity index (χ1n) is 8.57. The highest BCUT2D eigenvalue weighted by atomic mass is 32.1. The van der Waals surface area contributed by atoms with Crippen molar-refractivity contribution in [3.63, 3.8) is 0 Å². The van der Waals surface area contributed by atoms with E-state index in [4.69, 9.17) is 0 Å². The number of aromatic nitrogens is 4. The molecule has 0 N–H and O–H groups in total. The van der Waals surface area contributed by atoms with Crippen molar-refractivity contribution in [3.05, 3.63) is 36.2 Å². The molecule has 2 aliphatic rings. The third-order valence-corrected chi connectivity index (χ3v) is 5.95. The van der Waals surface area contributed by atoms with E-state index in [0.29, 0.717) is 6.04 Å². The average molecular weight is 353 g/mol. The Labute approximate surface area is 150 Å². The van der Waals surface area contributed by atoms with Crippen molar-refractivity contribution in [3.8, 4) is 0 Å². The van der Waals surface area contributed by atoms with Crippen molar-refractivity contribution in [2.75, 3.05) is 49.1 Å². The van der Waals surface area contributed by atoms with Crippen LogP contribution in [-0.4, -0.2) is 70.1 Å². The van der Waals surface area contributed by atoms with Gasteiger partial charge in [0.05, 0.1) is 10.2 Å². The Morgan fingerprint density at radius 3 is 2.52 bits per heavy atom. The lowest BCUT2D eigenvalue weighted by molar-refractivity contribution is 0.156. The highest BCUT2D eigenvalue weighted by Gasteiger charge is 2.35. The first-order chi connectivity index (χ1) is 12.4. The van der Waals surface area contributed by atoms with Gasteiger partial charge in [0.1, 0.15) is 12.1 Å². The van der Waals surface area contributed by atoms with Crippen molar-refractivity contribution >= 4 is 33.3 Å². The molecular weight excluding hydrogens is 334 g/mol. The Hall–Kier alpha value is -2.32. The van der Waals surface area contributed by atoms with Crippen LogP contribution in [0.1, 0.15) is 0 Å². The van der Waals surface area contributed by atoms with Gasteiger partial charge in [0.15, 0.2) is 0 Å². The molecule has 2 aliphatic heterocycles. The molecule has 0 bridgehead atoms. The molecule has 0 aliphatic carbocycles. The highest BCUT2D eigenvalue weighted by Crippen LogP contribution is 2.31. The Morgan fingerprint density at radius 1 is 0.920 bits per heavy atom. The SMILES string of the molecule is c1cnc(N2CCN(C3CN(c4ncnc5ccsc45)C3)CC2)nc1. The molecule has 0 saturated carbocycles. The van der Waals surface area contributed by atoms with Crippen molar-refractivity contribution in [2.24, 2.45) is 0 Å². The van der Waals surface area contributed by atoms with Gasteiger partial charge in [-0.05, 0) is 17.5 Å². The normalized spacial score (nSPS) is 19.4. The molecule has 3 aromatic heterocycles. The maximum atomic E-state index is 4.51. The van der Waals surface area contributed by atoms with Gasteiger partial charge in [-0.1, -0.05) is 0 Å². The largest absolute Gasteiger partial charge is 0.352 e. The minimum absolute atomic E-state index is 0.615. The number of anilines is 2. The molecule has 2 saturated heterocycles. The predicted octanol–water partition coefficient (Wildman–Crippen LogP) is 1.49. The van der Waals surface area contributed by atoms with Gasteiger partial charge in [-0.25, -0.2) is 19.9 Å². The van der Waals surface area contributed by atoms with Crippen LogP contribution in [0.15, 0.2) is 36.2 Å². The fourth-order valence-corrected chi connectivity index (χ4v) is 4.46. The molecule has 25 heavy (non-hydrogen) atoms. The summed E-state index contributed by atoms with van der Waals surface area (Å²) < 4.78 is 1.20. The van der Waals surface area contributed by atoms with E-state index in [-0.39, 0.29) is 0 Å². The summed E-state index contributed by atoms with van der Waals surface area (Å²) in [4.78, 5) is 24.8. The van der Waals surface area contributed by atoms with E-state index in [9.17, 15) is 0 Å². The fourth-order valence-electron chi connectivity index (χ4n) is 3.60. The van der Waals surface area contributed by atoms with Gasteiger partial charge in [-0.2, -0.15) is 0 Å². The molecule has 0 spiro atoms. The summed E-state index contributed by atoms with van der Waals surface area (Å²) in [6.07, 6.45) is 5.30. The predicted molar refractivity (Wildman–Crippen MR) is 99.2 cm³/mol. The fraction of sp³-hybridized carbons (Fsp3) is 0.412. The molecule has 2 fully saturated rings. The van der Waals surface area contributed by atoms with Crippen LogP contribution in [0.4, 0.5) is 11.8 Å². The second kappa shape index (κ2) is 6.20. The van der Waals surface area contributed by atoms with Crippen LogP contribution in [0.5, 0.6) is 0 Å². The molecule has 128 valence electrons. The quantitative estimate of drug-likeness (QED) is 0.707. The van der Waals surface area contributed by atoms with Gasteiger partial charge in [0.2, 0.25) is 5.95 Å². The van der Waals surface area contributed by atoms with Crippen LogP contribution >= 0.6 is 11.3 Å². The van der Waals surface area contributed by atoms with Crippen LogP contribution < -0.4 is 9.80 Å². The zero-order valence-corrected chi connectivity index (χ0v) is 14.6. The van der Waals surface area contributed by atoms with Gasteiger partial charge < -0.3 is 9.80 Å². The van der Waals surface area contributed by atoms with E-state index < -0.39 is 0 Å². The van der Waals surface area contributed by atoms with Gasteiger partial charge in [0.25, 0.3) is 0 Å². The van der Waals surface area contributed by atoms with E-state index in [2.05, 4.69) is 46.1 Å². The van der Waals surface area contributed by atoms with Crippen molar-refractivity contribution < 1.29 is 0 Å². The molecular formula is C17H19N7S. The molecule has 0 amide bonds. The standard InChI is InChI=1S/C17H19N7S/c1-3-18-17(19-4-1)23-7-5-22(6-8-23)13-10-24(11-13)16-15-14(2-9-25-15)20-12-21-16/h1-4,9,12-13H,5-8,10-11H2. The number of piperazine rings is 1. The maximum Gasteiger partial charge on any atom is 0.225 e. The van der Waals surface area contributed by atoms with E-state index in [1.807, 2.05) is 18.5 Å². The summed E-state index contributed by atoms with van der Waals surface area (Å²) in [7, 11) is 0. The second-order valence-electron chi connectivity index (χ2n) is 6.46. The van der Waals surface area contributed by atoms with E-state index in [0.717, 1.165) is 56.6 Å². The monoisotopic (exact) mass is 353 g/mol. The van der Waals surface area contributed by atoms with Gasteiger partial charge in [0, 0.05) is 57.7 Å². The Morgan fingerprint density at radius 2 is 1.72 bits per heavy atom. The van der Waals surface area contributed by atoms with Crippen LogP contribution in [0.2, 0.25) is 0 Å². The number of thiophene rings is 1. The first-order valence-corrected chi connectivity index (χ1v) is 9.45. The summed E-state index contributed by atoms with van der Waals surface area (Å²) in [6, 6.07) is 4.54.